The summed E-state index contributed by atoms with van der Waals surface area (Å²) in [4.78, 5) is 14.4. The summed E-state index contributed by atoms with van der Waals surface area (Å²) in [7, 11) is 0. The first-order chi connectivity index (χ1) is 8.24. The molecule has 0 radical (unpaired) electrons. The van der Waals surface area contributed by atoms with Crippen molar-refractivity contribution in [2.45, 2.75) is 6.42 Å². The second-order valence-corrected chi connectivity index (χ2v) is 4.65. The fourth-order valence-corrected chi connectivity index (χ4v) is 2.43. The number of carbonyl (C=O) groups is 1. The molecule has 0 amide bonds. The van der Waals surface area contributed by atoms with Crippen molar-refractivity contribution in [3.63, 3.8) is 0 Å². The molecule has 0 fully saturated rings. The van der Waals surface area contributed by atoms with Crippen molar-refractivity contribution in [1.82, 2.24) is 4.98 Å². The van der Waals surface area contributed by atoms with Gasteiger partial charge in [0.15, 0.2) is 0 Å². The third-order valence-electron chi connectivity index (χ3n) is 2.41. The number of aromatic nitrogens is 1. The van der Waals surface area contributed by atoms with Gasteiger partial charge in [0.25, 0.3) is 6.47 Å². The SMILES string of the molecule is O=COCCc1cnc2c(Cl)cccc2c1Br. The van der Waals surface area contributed by atoms with Crippen LogP contribution in [0.5, 0.6) is 0 Å². The maximum Gasteiger partial charge on any atom is 0.293 e. The number of para-hydroxylation sites is 1. The summed E-state index contributed by atoms with van der Waals surface area (Å²) in [5.74, 6) is 0. The van der Waals surface area contributed by atoms with E-state index in [2.05, 4.69) is 25.7 Å². The van der Waals surface area contributed by atoms with E-state index in [1.54, 1.807) is 12.3 Å². The molecule has 2 aromatic rings. The zero-order valence-electron chi connectivity index (χ0n) is 8.82. The number of carbonyl (C=O) groups excluding carboxylic acids is 1. The Kier molecular flexibility index (Phi) is 3.97. The molecule has 0 bridgehead atoms. The molecular weight excluding hydrogens is 305 g/mol. The molecule has 0 saturated heterocycles. The van der Waals surface area contributed by atoms with Crippen molar-refractivity contribution < 1.29 is 9.53 Å². The number of pyridine rings is 1. The molecule has 0 aliphatic carbocycles. The van der Waals surface area contributed by atoms with Gasteiger partial charge in [-0.3, -0.25) is 9.78 Å². The average molecular weight is 315 g/mol. The Balaban J connectivity index is 2.40. The summed E-state index contributed by atoms with van der Waals surface area (Å²) in [6, 6.07) is 5.63. The number of hydrogen-bond acceptors (Lipinski definition) is 3. The molecule has 1 aromatic heterocycles. The molecule has 0 saturated carbocycles. The standard InChI is InChI=1S/C12H9BrClNO2/c13-11-8(4-5-17-7-16)6-15-12-9(11)2-1-3-10(12)14/h1-3,6-7H,4-5H2. The Bertz CT molecular complexity index is 559. The Morgan fingerprint density at radius 1 is 1.47 bits per heavy atom. The second kappa shape index (κ2) is 5.47. The largest absolute Gasteiger partial charge is 0.468 e. The first-order valence-corrected chi connectivity index (χ1v) is 6.18. The van der Waals surface area contributed by atoms with Crippen LogP contribution in [0.2, 0.25) is 5.02 Å². The van der Waals surface area contributed by atoms with Crippen molar-refractivity contribution in [3.05, 3.63) is 39.5 Å². The van der Waals surface area contributed by atoms with Crippen molar-refractivity contribution in [2.24, 2.45) is 0 Å². The molecule has 3 nitrogen and oxygen atoms in total. The van der Waals surface area contributed by atoms with Gasteiger partial charge in [-0.15, -0.1) is 0 Å². The molecule has 0 aliphatic heterocycles. The number of hydrogen-bond donors (Lipinski definition) is 0. The van der Waals surface area contributed by atoms with Gasteiger partial charge in [0.05, 0.1) is 17.1 Å². The van der Waals surface area contributed by atoms with Crippen LogP contribution in [0.15, 0.2) is 28.9 Å². The van der Waals surface area contributed by atoms with E-state index in [0.29, 0.717) is 24.5 Å². The van der Waals surface area contributed by atoms with Crippen molar-refractivity contribution in [3.8, 4) is 0 Å². The zero-order chi connectivity index (χ0) is 12.3. The fourth-order valence-electron chi connectivity index (χ4n) is 1.59. The van der Waals surface area contributed by atoms with Crippen molar-refractivity contribution in [2.75, 3.05) is 6.61 Å². The lowest BCUT2D eigenvalue weighted by atomic mass is 10.1. The van der Waals surface area contributed by atoms with Gasteiger partial charge in [-0.25, -0.2) is 0 Å². The van der Waals surface area contributed by atoms with Gasteiger partial charge in [-0.1, -0.05) is 23.7 Å². The van der Waals surface area contributed by atoms with E-state index in [1.807, 2.05) is 12.1 Å². The molecule has 88 valence electrons. The molecule has 17 heavy (non-hydrogen) atoms. The summed E-state index contributed by atoms with van der Waals surface area (Å²) in [6.07, 6.45) is 2.36. The third-order valence-corrected chi connectivity index (χ3v) is 3.65. The molecule has 0 spiro atoms. The molecule has 2 rings (SSSR count). The summed E-state index contributed by atoms with van der Waals surface area (Å²) in [6.45, 7) is 0.787. The van der Waals surface area contributed by atoms with E-state index in [9.17, 15) is 4.79 Å². The van der Waals surface area contributed by atoms with Crippen LogP contribution in [0.25, 0.3) is 10.9 Å². The van der Waals surface area contributed by atoms with Gasteiger partial charge in [0.2, 0.25) is 0 Å². The van der Waals surface area contributed by atoms with Crippen LogP contribution in [0.4, 0.5) is 0 Å². The van der Waals surface area contributed by atoms with Crippen LogP contribution in [-0.2, 0) is 16.0 Å². The highest BCUT2D eigenvalue weighted by Gasteiger charge is 2.08. The smallest absolute Gasteiger partial charge is 0.293 e. The van der Waals surface area contributed by atoms with E-state index in [-0.39, 0.29) is 0 Å². The lowest BCUT2D eigenvalue weighted by Crippen LogP contribution is -1.99. The minimum Gasteiger partial charge on any atom is -0.468 e. The van der Waals surface area contributed by atoms with E-state index in [1.165, 1.54) is 0 Å². The lowest BCUT2D eigenvalue weighted by Gasteiger charge is -2.07. The van der Waals surface area contributed by atoms with Crippen LogP contribution in [-0.4, -0.2) is 18.1 Å². The molecule has 0 N–H and O–H groups in total. The predicted molar refractivity (Wildman–Crippen MR) is 70.2 cm³/mol. The zero-order valence-corrected chi connectivity index (χ0v) is 11.2. The molecule has 0 aliphatic rings. The van der Waals surface area contributed by atoms with Gasteiger partial charge in [0.1, 0.15) is 0 Å². The molecular formula is C12H9BrClNO2. The fraction of sp³-hybridized carbons (Fsp3) is 0.167. The monoisotopic (exact) mass is 313 g/mol. The highest BCUT2D eigenvalue weighted by molar-refractivity contribution is 9.10. The highest BCUT2D eigenvalue weighted by atomic mass is 79.9. The van der Waals surface area contributed by atoms with Gasteiger partial charge >= 0.3 is 0 Å². The van der Waals surface area contributed by atoms with Gasteiger partial charge in [-0.2, -0.15) is 0 Å². The first kappa shape index (κ1) is 12.3. The number of fused-ring (bicyclic) bond motifs is 1. The number of ether oxygens (including phenoxy) is 1. The average Bonchev–Trinajstić information content (AvgIpc) is 2.33. The summed E-state index contributed by atoms with van der Waals surface area (Å²) in [5.41, 5.74) is 1.75. The van der Waals surface area contributed by atoms with Gasteiger partial charge in [0, 0.05) is 22.5 Å². The van der Waals surface area contributed by atoms with Crippen LogP contribution in [0.1, 0.15) is 5.56 Å². The molecule has 5 heteroatoms. The summed E-state index contributed by atoms with van der Waals surface area (Å²) in [5, 5.41) is 1.58. The van der Waals surface area contributed by atoms with Crippen molar-refractivity contribution in [1.29, 1.82) is 0 Å². The maximum absolute atomic E-state index is 10.1. The first-order valence-electron chi connectivity index (χ1n) is 5.01. The van der Waals surface area contributed by atoms with Gasteiger partial charge in [-0.05, 0) is 27.6 Å². The van der Waals surface area contributed by atoms with Crippen molar-refractivity contribution >= 4 is 44.9 Å². The molecule has 0 unspecified atom stereocenters. The van der Waals surface area contributed by atoms with Crippen LogP contribution < -0.4 is 0 Å². The quantitative estimate of drug-likeness (QED) is 0.641. The Morgan fingerprint density at radius 3 is 3.06 bits per heavy atom. The Labute approximate surface area is 112 Å². The third kappa shape index (κ3) is 2.58. The molecule has 0 atom stereocenters. The van der Waals surface area contributed by atoms with E-state index in [4.69, 9.17) is 11.6 Å². The molecule has 1 aromatic carbocycles. The van der Waals surface area contributed by atoms with Crippen LogP contribution in [0.3, 0.4) is 0 Å². The Hall–Kier alpha value is -1.13. The van der Waals surface area contributed by atoms with Crippen LogP contribution >= 0.6 is 27.5 Å². The van der Waals surface area contributed by atoms with E-state index < -0.39 is 0 Å². The Morgan fingerprint density at radius 2 is 2.29 bits per heavy atom. The predicted octanol–water partition coefficient (Wildman–Crippen LogP) is 3.37. The number of benzene rings is 1. The number of halogens is 2. The second-order valence-electron chi connectivity index (χ2n) is 3.45. The topological polar surface area (TPSA) is 39.2 Å². The number of rotatable bonds is 4. The minimum absolute atomic E-state index is 0.343. The van der Waals surface area contributed by atoms with E-state index in [0.717, 1.165) is 20.9 Å². The van der Waals surface area contributed by atoms with Gasteiger partial charge < -0.3 is 4.74 Å². The summed E-state index contributed by atoms with van der Waals surface area (Å²) < 4.78 is 5.62. The molecule has 1 heterocycles. The normalized spacial score (nSPS) is 10.5. The van der Waals surface area contributed by atoms with E-state index >= 15 is 0 Å². The highest BCUT2D eigenvalue weighted by Crippen LogP contribution is 2.30. The summed E-state index contributed by atoms with van der Waals surface area (Å²) >= 11 is 9.58. The number of nitrogens with zero attached hydrogens (tertiary/aromatic N) is 1. The lowest BCUT2D eigenvalue weighted by molar-refractivity contribution is -0.128. The van der Waals surface area contributed by atoms with Crippen LogP contribution in [0, 0.1) is 0 Å². The maximum atomic E-state index is 10.1. The minimum atomic E-state index is 0.343.